The molecule has 4 aromatic rings. The van der Waals surface area contributed by atoms with Crippen LogP contribution < -0.4 is 10.6 Å². The lowest BCUT2D eigenvalue weighted by molar-refractivity contribution is 0.0706. The van der Waals surface area contributed by atoms with Crippen LogP contribution in [0.15, 0.2) is 54.9 Å². The molecule has 37 heavy (non-hydrogen) atoms. The van der Waals surface area contributed by atoms with E-state index in [1.807, 2.05) is 48.8 Å². The van der Waals surface area contributed by atoms with E-state index in [-0.39, 0.29) is 5.91 Å². The van der Waals surface area contributed by atoms with Gasteiger partial charge in [-0.3, -0.25) is 9.89 Å². The molecule has 0 spiro atoms. The van der Waals surface area contributed by atoms with E-state index in [9.17, 15) is 4.79 Å². The second-order valence-electron chi connectivity index (χ2n) is 10.1. The number of fused-ring (bicyclic) bond motifs is 1. The Labute approximate surface area is 216 Å². The van der Waals surface area contributed by atoms with Gasteiger partial charge in [0.15, 0.2) is 5.82 Å². The van der Waals surface area contributed by atoms with Crippen LogP contribution in [0.1, 0.15) is 42.1 Å². The molecule has 0 atom stereocenters. The summed E-state index contributed by atoms with van der Waals surface area (Å²) < 4.78 is 7.78. The first kappa shape index (κ1) is 23.7. The maximum Gasteiger partial charge on any atom is 0.256 e. The minimum absolute atomic E-state index is 0.183. The van der Waals surface area contributed by atoms with Crippen LogP contribution in [0.2, 0.25) is 0 Å². The number of nitrogens with one attached hydrogen (secondary N) is 3. The van der Waals surface area contributed by atoms with Gasteiger partial charge >= 0.3 is 0 Å². The van der Waals surface area contributed by atoms with Gasteiger partial charge in [-0.2, -0.15) is 5.10 Å². The van der Waals surface area contributed by atoms with Crippen LogP contribution in [-0.4, -0.2) is 69.9 Å². The van der Waals surface area contributed by atoms with Crippen molar-refractivity contribution < 1.29 is 9.53 Å². The largest absolute Gasteiger partial charge is 0.382 e. The highest BCUT2D eigenvalue weighted by molar-refractivity contribution is 6.04. The normalized spacial score (nSPS) is 17.8. The van der Waals surface area contributed by atoms with E-state index in [0.29, 0.717) is 23.5 Å². The summed E-state index contributed by atoms with van der Waals surface area (Å²) in [5.41, 5.74) is 5.55. The lowest BCUT2D eigenvalue weighted by Gasteiger charge is -2.30. The summed E-state index contributed by atoms with van der Waals surface area (Å²) in [4.78, 5) is 19.8. The Morgan fingerprint density at radius 3 is 2.59 bits per heavy atom. The molecule has 2 aromatic carbocycles. The Hall–Kier alpha value is -3.69. The van der Waals surface area contributed by atoms with E-state index < -0.39 is 0 Å². The van der Waals surface area contributed by atoms with Gasteiger partial charge in [-0.15, -0.1) is 0 Å². The highest BCUT2D eigenvalue weighted by Crippen LogP contribution is 2.29. The zero-order valence-corrected chi connectivity index (χ0v) is 21.1. The molecule has 6 rings (SSSR count). The van der Waals surface area contributed by atoms with Crippen molar-refractivity contribution in [3.05, 3.63) is 60.4 Å². The maximum atomic E-state index is 12.8. The van der Waals surface area contributed by atoms with Gasteiger partial charge in [0.25, 0.3) is 5.91 Å². The number of nitrogens with zero attached hydrogens (tertiary/aromatic N) is 4. The molecule has 2 aliphatic rings. The van der Waals surface area contributed by atoms with E-state index >= 15 is 0 Å². The quantitative estimate of drug-likeness (QED) is 0.360. The van der Waals surface area contributed by atoms with Crippen molar-refractivity contribution in [2.45, 2.75) is 37.8 Å². The van der Waals surface area contributed by atoms with E-state index in [0.717, 1.165) is 80.0 Å². The third-order valence-electron chi connectivity index (χ3n) is 7.53. The number of imidazole rings is 1. The Bertz CT molecular complexity index is 1360. The molecule has 0 saturated carbocycles. The highest BCUT2D eigenvalue weighted by Gasteiger charge is 2.19. The Kier molecular flexibility index (Phi) is 6.63. The number of aromatic nitrogens is 4. The van der Waals surface area contributed by atoms with Gasteiger partial charge < -0.3 is 24.8 Å². The van der Waals surface area contributed by atoms with E-state index in [1.165, 1.54) is 0 Å². The van der Waals surface area contributed by atoms with Crippen LogP contribution in [0, 0.1) is 0 Å². The molecule has 4 heterocycles. The summed E-state index contributed by atoms with van der Waals surface area (Å²) in [6, 6.07) is 16.6. The predicted octanol–water partition coefficient (Wildman–Crippen LogP) is 4.54. The van der Waals surface area contributed by atoms with Gasteiger partial charge in [0.05, 0.1) is 23.1 Å². The van der Waals surface area contributed by atoms with Gasteiger partial charge in [0.2, 0.25) is 0 Å². The SMILES string of the molecule is CN1CCC(Nc2ccc(C(=O)Nc3cc(-c4ccc5ncn(C6CCOCC6)c5c4)[nH]n3)cc2)CC1. The minimum Gasteiger partial charge on any atom is -0.382 e. The number of hydrogen-bond acceptors (Lipinski definition) is 6. The fraction of sp³-hybridized carbons (Fsp3) is 0.393. The van der Waals surface area contributed by atoms with E-state index in [4.69, 9.17) is 4.74 Å². The third kappa shape index (κ3) is 5.23. The molecular weight excluding hydrogens is 466 g/mol. The molecule has 0 bridgehead atoms. The number of carbonyl (C=O) groups excluding carboxylic acids is 1. The molecule has 1 amide bonds. The molecule has 0 aliphatic carbocycles. The number of benzene rings is 2. The number of ether oxygens (including phenoxy) is 1. The lowest BCUT2D eigenvalue weighted by atomic mass is 10.0. The van der Waals surface area contributed by atoms with Gasteiger partial charge in [-0.25, -0.2) is 4.98 Å². The fourth-order valence-corrected chi connectivity index (χ4v) is 5.28. The number of H-pyrrole nitrogens is 1. The minimum atomic E-state index is -0.183. The average Bonchev–Trinajstić information content (AvgIpc) is 3.58. The monoisotopic (exact) mass is 499 g/mol. The first-order valence-electron chi connectivity index (χ1n) is 13.1. The van der Waals surface area contributed by atoms with Crippen LogP contribution in [0.25, 0.3) is 22.3 Å². The Morgan fingerprint density at radius 1 is 1.03 bits per heavy atom. The van der Waals surface area contributed by atoms with Gasteiger partial charge in [-0.05, 0) is 82.2 Å². The van der Waals surface area contributed by atoms with Gasteiger partial charge in [-0.1, -0.05) is 6.07 Å². The van der Waals surface area contributed by atoms with Crippen molar-refractivity contribution in [1.82, 2.24) is 24.6 Å². The number of carbonyl (C=O) groups is 1. The molecule has 9 nitrogen and oxygen atoms in total. The second-order valence-corrected chi connectivity index (χ2v) is 10.1. The number of hydrogen-bond donors (Lipinski definition) is 3. The molecular formula is C28H33N7O2. The standard InChI is InChI=1S/C28H33N7O2/c1-34-12-8-22(9-13-34)30-21-5-2-19(3-6-21)28(36)31-27-17-25(32-33-27)20-4-7-24-26(16-20)35(18-29-24)23-10-14-37-15-11-23/h2-7,16-18,22-23,30H,8-15H2,1H3,(H2,31,32,33,36). The number of anilines is 2. The van der Waals surface area contributed by atoms with Crippen molar-refractivity contribution >= 4 is 28.4 Å². The summed E-state index contributed by atoms with van der Waals surface area (Å²) in [6.07, 6.45) is 6.17. The summed E-state index contributed by atoms with van der Waals surface area (Å²) in [6.45, 7) is 3.78. The Morgan fingerprint density at radius 2 is 1.81 bits per heavy atom. The van der Waals surface area contributed by atoms with Crippen molar-refractivity contribution in [2.24, 2.45) is 0 Å². The molecule has 9 heteroatoms. The van der Waals surface area contributed by atoms with Crippen LogP contribution in [0.3, 0.4) is 0 Å². The van der Waals surface area contributed by atoms with Crippen molar-refractivity contribution in [1.29, 1.82) is 0 Å². The molecule has 2 aromatic heterocycles. The van der Waals surface area contributed by atoms with Crippen molar-refractivity contribution in [3.63, 3.8) is 0 Å². The number of piperidine rings is 1. The molecule has 2 saturated heterocycles. The summed E-state index contributed by atoms with van der Waals surface area (Å²) >= 11 is 0. The maximum absolute atomic E-state index is 12.8. The topological polar surface area (TPSA) is 100 Å². The third-order valence-corrected chi connectivity index (χ3v) is 7.53. The number of aromatic amines is 1. The van der Waals surface area contributed by atoms with Crippen LogP contribution >= 0.6 is 0 Å². The van der Waals surface area contributed by atoms with Gasteiger partial charge in [0.1, 0.15) is 0 Å². The van der Waals surface area contributed by atoms with Crippen LogP contribution in [-0.2, 0) is 4.74 Å². The molecule has 0 radical (unpaired) electrons. The average molecular weight is 500 g/mol. The van der Waals surface area contributed by atoms with E-state index in [1.54, 1.807) is 0 Å². The van der Waals surface area contributed by atoms with Crippen molar-refractivity contribution in [3.8, 4) is 11.3 Å². The lowest BCUT2D eigenvalue weighted by Crippen LogP contribution is -2.36. The molecule has 2 fully saturated rings. The first-order valence-corrected chi connectivity index (χ1v) is 13.1. The van der Waals surface area contributed by atoms with Crippen LogP contribution in [0.5, 0.6) is 0 Å². The molecule has 2 aliphatic heterocycles. The zero-order chi connectivity index (χ0) is 25.2. The summed E-state index contributed by atoms with van der Waals surface area (Å²) in [5, 5.41) is 13.9. The second kappa shape index (κ2) is 10.4. The van der Waals surface area contributed by atoms with Crippen LogP contribution in [0.4, 0.5) is 11.5 Å². The van der Waals surface area contributed by atoms with Gasteiger partial charge in [0, 0.05) is 48.2 Å². The number of amides is 1. The smallest absolute Gasteiger partial charge is 0.256 e. The highest BCUT2D eigenvalue weighted by atomic mass is 16.5. The Balaban J connectivity index is 1.12. The summed E-state index contributed by atoms with van der Waals surface area (Å²) in [5.74, 6) is 0.309. The van der Waals surface area contributed by atoms with E-state index in [2.05, 4.69) is 48.4 Å². The molecule has 3 N–H and O–H groups in total. The summed E-state index contributed by atoms with van der Waals surface area (Å²) in [7, 11) is 2.16. The fourth-order valence-electron chi connectivity index (χ4n) is 5.28. The molecule has 0 unspecified atom stereocenters. The zero-order valence-electron chi connectivity index (χ0n) is 21.1. The predicted molar refractivity (Wildman–Crippen MR) is 145 cm³/mol. The first-order chi connectivity index (χ1) is 18.1. The number of likely N-dealkylation sites (tertiary alicyclic amines) is 1. The number of rotatable bonds is 6. The molecule has 192 valence electrons. The van der Waals surface area contributed by atoms with Crippen molar-refractivity contribution in [2.75, 3.05) is 44.0 Å².